The molecular weight excluding hydrogens is 404 g/mol. The Bertz CT molecular complexity index is 820. The minimum atomic E-state index is -4.68. The minimum absolute atomic E-state index is 0.503. The molecule has 28 heavy (non-hydrogen) atoms. The molecule has 0 radical (unpaired) electrons. The van der Waals surface area contributed by atoms with E-state index in [9.17, 15) is 33.2 Å². The Morgan fingerprint density at radius 3 is 1.82 bits per heavy atom. The molecule has 0 bridgehead atoms. The van der Waals surface area contributed by atoms with Crippen molar-refractivity contribution >= 4 is 19.0 Å². The van der Waals surface area contributed by atoms with Crippen molar-refractivity contribution < 1.29 is 46.2 Å². The number of esters is 1. The van der Waals surface area contributed by atoms with Gasteiger partial charge in [-0.2, -0.15) is 18.0 Å². The number of halogens is 3. The molecule has 12 heteroatoms. The molecule has 0 heterocycles. The number of nitrogens with zero attached hydrogens (tertiary/aromatic N) is 2. The first-order valence-electron chi connectivity index (χ1n) is 7.74. The summed E-state index contributed by atoms with van der Waals surface area (Å²) in [5.74, 6) is -1.46. The van der Waals surface area contributed by atoms with Crippen LogP contribution in [0, 0.1) is 0 Å². The van der Waals surface area contributed by atoms with Gasteiger partial charge in [-0.1, -0.05) is 12.1 Å². The third-order valence-electron chi connectivity index (χ3n) is 3.48. The van der Waals surface area contributed by atoms with Crippen LogP contribution in [0.4, 0.5) is 13.2 Å². The lowest BCUT2D eigenvalue weighted by atomic mass is 9.93. The van der Waals surface area contributed by atoms with Gasteiger partial charge in [0.15, 0.2) is 0 Å². The van der Waals surface area contributed by atoms with Crippen LogP contribution in [-0.2, 0) is 34.9 Å². The van der Waals surface area contributed by atoms with Crippen LogP contribution in [0.3, 0.4) is 0 Å². The first kappa shape index (κ1) is 24.0. The summed E-state index contributed by atoms with van der Waals surface area (Å²) in [4.78, 5) is 15.4. The Labute approximate surface area is 159 Å². The van der Waals surface area contributed by atoms with Crippen molar-refractivity contribution in [3.63, 3.8) is 0 Å². The predicted octanol–water partition coefficient (Wildman–Crippen LogP) is 3.35. The molecule has 0 amide bonds. The third kappa shape index (κ3) is 4.87. The van der Waals surface area contributed by atoms with Gasteiger partial charge in [0.2, 0.25) is 0 Å². The van der Waals surface area contributed by atoms with E-state index in [4.69, 9.17) is 4.74 Å². The summed E-state index contributed by atoms with van der Waals surface area (Å²) in [6.45, 7) is 4.38. The molecule has 0 aliphatic heterocycles. The van der Waals surface area contributed by atoms with Crippen LogP contribution in [0.15, 0.2) is 24.3 Å². The molecule has 0 aromatic heterocycles. The van der Waals surface area contributed by atoms with Gasteiger partial charge >= 0.3 is 25.2 Å². The molecule has 1 rings (SSSR count). The fourth-order valence-corrected chi connectivity index (χ4v) is 3.38. The second kappa shape index (κ2) is 8.14. The second-order valence-electron chi connectivity index (χ2n) is 6.57. The predicted molar refractivity (Wildman–Crippen MR) is 91.4 cm³/mol. The Balaban J connectivity index is 3.72. The highest BCUT2D eigenvalue weighted by atomic mass is 31.2. The molecule has 156 valence electrons. The second-order valence-corrected chi connectivity index (χ2v) is 8.72. The quantitative estimate of drug-likeness (QED) is 0.246. The minimum Gasteiger partial charge on any atom is -0.457 e. The van der Waals surface area contributed by atoms with Crippen LogP contribution in [0.1, 0.15) is 31.9 Å². The first-order chi connectivity index (χ1) is 12.7. The van der Waals surface area contributed by atoms with Crippen molar-refractivity contribution in [3.8, 4) is 0 Å². The van der Waals surface area contributed by atoms with E-state index in [1.807, 2.05) is 0 Å². The van der Waals surface area contributed by atoms with Gasteiger partial charge in [0, 0.05) is 19.8 Å². The van der Waals surface area contributed by atoms with E-state index < -0.39 is 47.5 Å². The van der Waals surface area contributed by atoms with E-state index in [2.05, 4.69) is 13.8 Å². The highest BCUT2D eigenvalue weighted by molar-refractivity contribution is 7.72. The number of benzene rings is 1. The Hall–Kier alpha value is -2.03. The molecule has 0 aliphatic carbocycles. The summed E-state index contributed by atoms with van der Waals surface area (Å²) in [6.07, 6.45) is -4.68. The van der Waals surface area contributed by atoms with Crippen LogP contribution >= 0.6 is 7.60 Å². The standard InChI is InChI=1S/C16H20F3N2O6P/c1-14(2,3)27-13(22)15(23,12(21-20)28(24,25-4)26-5)10-6-8-11(9-7-10)16(17,18)19/h6-9,23H,1-5H3/t15-/m0/s1. The molecule has 1 atom stereocenters. The number of alkyl halides is 3. The number of aliphatic hydroxyl groups is 1. The molecule has 0 saturated carbocycles. The number of rotatable bonds is 6. The summed E-state index contributed by atoms with van der Waals surface area (Å²) in [6, 6.07) is 2.69. The van der Waals surface area contributed by atoms with Crippen LogP contribution in [-0.4, -0.2) is 41.1 Å². The number of carbonyl (C=O) groups excluding carboxylic acids is 1. The highest BCUT2D eigenvalue weighted by Crippen LogP contribution is 2.53. The molecule has 1 aromatic rings. The molecule has 0 spiro atoms. The van der Waals surface area contributed by atoms with E-state index in [0.29, 0.717) is 12.1 Å². The van der Waals surface area contributed by atoms with Crippen molar-refractivity contribution in [2.24, 2.45) is 0 Å². The summed E-state index contributed by atoms with van der Waals surface area (Å²) in [7, 11) is -2.71. The molecule has 8 nitrogen and oxygen atoms in total. The maximum atomic E-state index is 12.8. The van der Waals surface area contributed by atoms with Gasteiger partial charge in [0.1, 0.15) is 5.60 Å². The van der Waals surface area contributed by atoms with Crippen LogP contribution < -0.4 is 0 Å². The van der Waals surface area contributed by atoms with E-state index in [0.717, 1.165) is 26.4 Å². The van der Waals surface area contributed by atoms with Crippen LogP contribution in [0.5, 0.6) is 0 Å². The largest absolute Gasteiger partial charge is 0.457 e. The number of hydrogen-bond donors (Lipinski definition) is 1. The van der Waals surface area contributed by atoms with Gasteiger partial charge in [0.25, 0.3) is 5.60 Å². The zero-order valence-electron chi connectivity index (χ0n) is 15.8. The molecule has 0 aliphatic rings. The first-order valence-corrected chi connectivity index (χ1v) is 9.28. The maximum Gasteiger partial charge on any atom is 0.441 e. The van der Waals surface area contributed by atoms with E-state index in [1.54, 1.807) is 0 Å². The van der Waals surface area contributed by atoms with Crippen molar-refractivity contribution in [2.75, 3.05) is 14.2 Å². The van der Waals surface area contributed by atoms with Gasteiger partial charge in [-0.15, -0.1) is 0 Å². The van der Waals surface area contributed by atoms with Crippen LogP contribution in [0.2, 0.25) is 0 Å². The maximum absolute atomic E-state index is 12.8. The van der Waals surface area contributed by atoms with Gasteiger partial charge in [-0.05, 0) is 32.9 Å². The zero-order valence-corrected chi connectivity index (χ0v) is 16.7. The van der Waals surface area contributed by atoms with Crippen molar-refractivity contribution in [2.45, 2.75) is 38.1 Å². The molecule has 1 N–H and O–H groups in total. The fourth-order valence-electron chi connectivity index (χ4n) is 2.16. The monoisotopic (exact) mass is 424 g/mol. The number of hydrogen-bond acceptors (Lipinski definition) is 6. The van der Waals surface area contributed by atoms with Gasteiger partial charge in [-0.25, -0.2) is 9.36 Å². The smallest absolute Gasteiger partial charge is 0.441 e. The number of carbonyl (C=O) groups is 1. The SMILES string of the molecule is COP(=O)(OC)C(=[N+]=[N-])[C@](O)(C(=O)OC(C)(C)C)c1ccc(C(F)(F)F)cc1. The lowest BCUT2D eigenvalue weighted by Crippen LogP contribution is -2.48. The average Bonchev–Trinajstić information content (AvgIpc) is 2.59. The Morgan fingerprint density at radius 2 is 1.50 bits per heavy atom. The van der Waals surface area contributed by atoms with E-state index in [-0.39, 0.29) is 0 Å². The van der Waals surface area contributed by atoms with Gasteiger partial charge in [0.05, 0.1) is 5.56 Å². The lowest BCUT2D eigenvalue weighted by molar-refractivity contribution is -0.173. The Kier molecular flexibility index (Phi) is 6.98. The van der Waals surface area contributed by atoms with E-state index >= 15 is 0 Å². The molecular formula is C16H20F3N2O6P. The summed E-state index contributed by atoms with van der Waals surface area (Å²) in [5.41, 5.74) is 2.41. The van der Waals surface area contributed by atoms with Gasteiger partial charge < -0.3 is 24.4 Å². The fraction of sp³-hybridized carbons (Fsp3) is 0.500. The van der Waals surface area contributed by atoms with Crippen molar-refractivity contribution in [1.29, 1.82) is 0 Å². The lowest BCUT2D eigenvalue weighted by Gasteiger charge is -2.28. The zero-order chi connectivity index (χ0) is 22.0. The molecule has 0 fully saturated rings. The summed E-state index contributed by atoms with van der Waals surface area (Å²) in [5, 5.41) is 11.1. The highest BCUT2D eigenvalue weighted by Gasteiger charge is 2.62. The Morgan fingerprint density at radius 1 is 1.07 bits per heavy atom. The molecule has 1 aromatic carbocycles. The van der Waals surface area contributed by atoms with Crippen molar-refractivity contribution in [3.05, 3.63) is 40.9 Å². The van der Waals surface area contributed by atoms with Gasteiger partial charge in [-0.3, -0.25) is 0 Å². The third-order valence-corrected chi connectivity index (χ3v) is 5.38. The van der Waals surface area contributed by atoms with Crippen LogP contribution in [0.25, 0.3) is 5.53 Å². The topological polar surface area (TPSA) is 118 Å². The van der Waals surface area contributed by atoms with E-state index in [1.165, 1.54) is 20.8 Å². The average molecular weight is 424 g/mol. The normalized spacial score (nSPS) is 14.8. The number of ether oxygens (including phenoxy) is 1. The molecule has 0 unspecified atom stereocenters. The summed E-state index contributed by atoms with van der Waals surface area (Å²) >= 11 is 0. The summed E-state index contributed by atoms with van der Waals surface area (Å²) < 4.78 is 65.6. The van der Waals surface area contributed by atoms with Crippen molar-refractivity contribution in [1.82, 2.24) is 0 Å². The molecule has 0 saturated heterocycles.